The highest BCUT2D eigenvalue weighted by Crippen LogP contribution is 2.33. The third kappa shape index (κ3) is 3.48. The Bertz CT molecular complexity index is 749. The minimum Gasteiger partial charge on any atom is -0.467 e. The van der Waals surface area contributed by atoms with Crippen molar-refractivity contribution in [3.8, 4) is 0 Å². The standard InChI is InChI=1S/C17H16N2O2S2/c1-18(2)13-7-5-12(6-8-13)10-15-16(20)19(17(22)23-15)11-14-4-3-9-21-14/h3-10H,11H2,1-2H3. The smallest absolute Gasteiger partial charge is 0.266 e. The van der Waals surface area contributed by atoms with E-state index in [4.69, 9.17) is 16.6 Å². The summed E-state index contributed by atoms with van der Waals surface area (Å²) in [5, 5.41) is 0. The summed E-state index contributed by atoms with van der Waals surface area (Å²) in [6.07, 6.45) is 3.47. The fourth-order valence-electron chi connectivity index (χ4n) is 2.21. The molecule has 1 aliphatic heterocycles. The van der Waals surface area contributed by atoms with E-state index >= 15 is 0 Å². The van der Waals surface area contributed by atoms with Gasteiger partial charge in [0, 0.05) is 19.8 Å². The van der Waals surface area contributed by atoms with Crippen LogP contribution in [0.3, 0.4) is 0 Å². The maximum atomic E-state index is 12.5. The molecule has 0 bridgehead atoms. The first-order valence-electron chi connectivity index (χ1n) is 7.10. The van der Waals surface area contributed by atoms with Gasteiger partial charge in [0.05, 0.1) is 17.7 Å². The largest absolute Gasteiger partial charge is 0.467 e. The summed E-state index contributed by atoms with van der Waals surface area (Å²) in [7, 11) is 3.99. The topological polar surface area (TPSA) is 36.7 Å². The SMILES string of the molecule is CN(C)c1ccc(C=C2SC(=S)N(Cc3ccco3)C2=O)cc1. The van der Waals surface area contributed by atoms with Gasteiger partial charge in [0.1, 0.15) is 10.1 Å². The molecule has 4 nitrogen and oxygen atoms in total. The van der Waals surface area contributed by atoms with Crippen LogP contribution < -0.4 is 4.90 Å². The first-order valence-corrected chi connectivity index (χ1v) is 8.32. The number of hydrogen-bond acceptors (Lipinski definition) is 5. The number of hydrogen-bond donors (Lipinski definition) is 0. The second-order valence-electron chi connectivity index (χ2n) is 5.33. The molecule has 0 radical (unpaired) electrons. The number of thiocarbonyl (C=S) groups is 1. The summed E-state index contributed by atoms with van der Waals surface area (Å²) >= 11 is 6.64. The van der Waals surface area contributed by atoms with Crippen molar-refractivity contribution in [2.24, 2.45) is 0 Å². The van der Waals surface area contributed by atoms with E-state index in [0.717, 1.165) is 17.0 Å². The first kappa shape index (κ1) is 15.8. The van der Waals surface area contributed by atoms with E-state index in [1.807, 2.05) is 55.4 Å². The maximum absolute atomic E-state index is 12.5. The van der Waals surface area contributed by atoms with Crippen LogP contribution in [0.1, 0.15) is 11.3 Å². The van der Waals surface area contributed by atoms with Gasteiger partial charge in [-0.2, -0.15) is 0 Å². The number of anilines is 1. The molecule has 0 aliphatic carbocycles. The minimum atomic E-state index is -0.0758. The molecule has 2 heterocycles. The van der Waals surface area contributed by atoms with Crippen LogP contribution in [0, 0.1) is 0 Å². The second-order valence-corrected chi connectivity index (χ2v) is 7.01. The van der Waals surface area contributed by atoms with E-state index < -0.39 is 0 Å². The van der Waals surface area contributed by atoms with Crippen LogP contribution in [0.2, 0.25) is 0 Å². The number of carbonyl (C=O) groups is 1. The average molecular weight is 344 g/mol. The number of benzene rings is 1. The van der Waals surface area contributed by atoms with Crippen molar-refractivity contribution >= 4 is 46.0 Å². The summed E-state index contributed by atoms with van der Waals surface area (Å²) in [5.74, 6) is 0.644. The maximum Gasteiger partial charge on any atom is 0.266 e. The molecule has 3 rings (SSSR count). The van der Waals surface area contributed by atoms with Gasteiger partial charge in [-0.1, -0.05) is 36.1 Å². The molecular formula is C17H16N2O2S2. The molecule has 0 atom stereocenters. The Morgan fingerprint density at radius 3 is 2.61 bits per heavy atom. The van der Waals surface area contributed by atoms with Crippen molar-refractivity contribution in [1.82, 2.24) is 4.90 Å². The third-order valence-corrected chi connectivity index (χ3v) is 4.85. The van der Waals surface area contributed by atoms with Gasteiger partial charge >= 0.3 is 0 Å². The summed E-state index contributed by atoms with van der Waals surface area (Å²) < 4.78 is 5.85. The lowest BCUT2D eigenvalue weighted by atomic mass is 10.2. The normalized spacial score (nSPS) is 16.4. The number of amides is 1. The summed E-state index contributed by atoms with van der Waals surface area (Å²) in [6, 6.07) is 11.7. The molecule has 1 amide bonds. The highest BCUT2D eigenvalue weighted by Gasteiger charge is 2.32. The van der Waals surface area contributed by atoms with E-state index in [-0.39, 0.29) is 5.91 Å². The molecule has 2 aromatic rings. The lowest BCUT2D eigenvalue weighted by molar-refractivity contribution is -0.122. The summed E-state index contributed by atoms with van der Waals surface area (Å²) in [4.78, 5) is 16.8. The molecular weight excluding hydrogens is 328 g/mol. The van der Waals surface area contributed by atoms with Crippen molar-refractivity contribution in [2.75, 3.05) is 19.0 Å². The molecule has 23 heavy (non-hydrogen) atoms. The fraction of sp³-hybridized carbons (Fsp3) is 0.176. The number of furan rings is 1. The van der Waals surface area contributed by atoms with Crippen molar-refractivity contribution in [1.29, 1.82) is 0 Å². The van der Waals surface area contributed by atoms with Gasteiger partial charge in [-0.05, 0) is 35.9 Å². The highest BCUT2D eigenvalue weighted by molar-refractivity contribution is 8.26. The van der Waals surface area contributed by atoms with Crippen LogP contribution in [-0.4, -0.2) is 29.2 Å². The van der Waals surface area contributed by atoms with Gasteiger partial charge in [0.15, 0.2) is 0 Å². The van der Waals surface area contributed by atoms with Crippen molar-refractivity contribution in [2.45, 2.75) is 6.54 Å². The van der Waals surface area contributed by atoms with Gasteiger partial charge in [-0.3, -0.25) is 9.69 Å². The van der Waals surface area contributed by atoms with Gasteiger partial charge < -0.3 is 9.32 Å². The Morgan fingerprint density at radius 2 is 2.00 bits per heavy atom. The zero-order chi connectivity index (χ0) is 16.4. The molecule has 1 fully saturated rings. The molecule has 1 aromatic carbocycles. The monoisotopic (exact) mass is 344 g/mol. The molecule has 0 N–H and O–H groups in total. The molecule has 0 unspecified atom stereocenters. The van der Waals surface area contributed by atoms with Crippen LogP contribution in [-0.2, 0) is 11.3 Å². The van der Waals surface area contributed by atoms with Crippen molar-refractivity contribution < 1.29 is 9.21 Å². The van der Waals surface area contributed by atoms with E-state index in [9.17, 15) is 4.79 Å². The molecule has 0 spiro atoms. The lowest BCUT2D eigenvalue weighted by Gasteiger charge is -2.12. The minimum absolute atomic E-state index is 0.0758. The van der Waals surface area contributed by atoms with Crippen molar-refractivity contribution in [3.63, 3.8) is 0 Å². The Hall–Kier alpha value is -2.05. The molecule has 0 saturated carbocycles. The Labute approximate surface area is 144 Å². The lowest BCUT2D eigenvalue weighted by Crippen LogP contribution is -2.27. The van der Waals surface area contributed by atoms with Crippen LogP contribution in [0.15, 0.2) is 52.0 Å². The van der Waals surface area contributed by atoms with Gasteiger partial charge in [0.25, 0.3) is 5.91 Å². The van der Waals surface area contributed by atoms with Crippen molar-refractivity contribution in [3.05, 3.63) is 58.9 Å². The van der Waals surface area contributed by atoms with E-state index in [2.05, 4.69) is 0 Å². The molecule has 1 aliphatic rings. The molecule has 118 valence electrons. The predicted octanol–water partition coefficient (Wildman–Crippen LogP) is 3.75. The zero-order valence-corrected chi connectivity index (χ0v) is 14.5. The van der Waals surface area contributed by atoms with E-state index in [1.165, 1.54) is 11.8 Å². The van der Waals surface area contributed by atoms with Crippen LogP contribution in [0.25, 0.3) is 6.08 Å². The van der Waals surface area contributed by atoms with Crippen LogP contribution in [0.4, 0.5) is 5.69 Å². The van der Waals surface area contributed by atoms with Gasteiger partial charge in [-0.25, -0.2) is 0 Å². The van der Waals surface area contributed by atoms with Gasteiger partial charge in [0.2, 0.25) is 0 Å². The van der Waals surface area contributed by atoms with Crippen LogP contribution >= 0.6 is 24.0 Å². The second kappa shape index (κ2) is 6.60. The fourth-order valence-corrected chi connectivity index (χ4v) is 3.47. The molecule has 1 aromatic heterocycles. The van der Waals surface area contributed by atoms with Crippen LogP contribution in [0.5, 0.6) is 0 Å². The average Bonchev–Trinajstić information content (AvgIpc) is 3.12. The van der Waals surface area contributed by atoms with Gasteiger partial charge in [-0.15, -0.1) is 0 Å². The predicted molar refractivity (Wildman–Crippen MR) is 98.2 cm³/mol. The Morgan fingerprint density at radius 1 is 1.26 bits per heavy atom. The quantitative estimate of drug-likeness (QED) is 0.624. The summed E-state index contributed by atoms with van der Waals surface area (Å²) in [5.41, 5.74) is 2.10. The third-order valence-electron chi connectivity index (χ3n) is 3.47. The van der Waals surface area contributed by atoms with E-state index in [1.54, 1.807) is 17.2 Å². The summed E-state index contributed by atoms with van der Waals surface area (Å²) in [6.45, 7) is 0.370. The highest BCUT2D eigenvalue weighted by atomic mass is 32.2. The zero-order valence-electron chi connectivity index (χ0n) is 12.9. The first-order chi connectivity index (χ1) is 11.0. The number of carbonyl (C=O) groups excluding carboxylic acids is 1. The number of nitrogens with zero attached hydrogens (tertiary/aromatic N) is 2. The Kier molecular flexibility index (Phi) is 4.54. The molecule has 6 heteroatoms. The van der Waals surface area contributed by atoms with E-state index in [0.29, 0.717) is 15.8 Å². The molecule has 1 saturated heterocycles. The number of thioether (sulfide) groups is 1. The Balaban J connectivity index is 1.78. The number of rotatable bonds is 4.